The fraction of sp³-hybridized carbons (Fsp3) is 0.364. The largest absolute Gasteiger partial charge is 0.491 e. The highest BCUT2D eigenvalue weighted by molar-refractivity contribution is 6.07. The number of hydrogen-bond donors (Lipinski definition) is 2. The molecule has 2 unspecified atom stereocenters. The van der Waals surface area contributed by atoms with Gasteiger partial charge in [0.15, 0.2) is 0 Å². The van der Waals surface area contributed by atoms with Crippen LogP contribution in [0.2, 0.25) is 0 Å². The van der Waals surface area contributed by atoms with E-state index in [1.54, 1.807) is 6.92 Å². The number of aryl methyl sites for hydroxylation is 2. The predicted octanol–water partition coefficient (Wildman–Crippen LogP) is 2.76. The van der Waals surface area contributed by atoms with Crippen molar-refractivity contribution in [3.8, 4) is 5.75 Å². The molecular formula is C22H26N2O4. The van der Waals surface area contributed by atoms with E-state index in [1.807, 2.05) is 55.5 Å². The van der Waals surface area contributed by atoms with Crippen molar-refractivity contribution < 1.29 is 19.4 Å². The average molecular weight is 382 g/mol. The number of urea groups is 1. The molecule has 6 nitrogen and oxygen atoms in total. The number of β-amino-alcohol motifs (C(OH)–C–C–N with tert-alkyl or cyclic N) is 1. The second-order valence-corrected chi connectivity index (χ2v) is 7.30. The van der Waals surface area contributed by atoms with Crippen LogP contribution in [0.15, 0.2) is 48.5 Å². The van der Waals surface area contributed by atoms with Gasteiger partial charge in [-0.05, 0) is 43.5 Å². The van der Waals surface area contributed by atoms with E-state index < -0.39 is 17.7 Å². The third-order valence-corrected chi connectivity index (χ3v) is 5.07. The van der Waals surface area contributed by atoms with Crippen LogP contribution in [0.3, 0.4) is 0 Å². The third-order valence-electron chi connectivity index (χ3n) is 5.07. The SMILES string of the molecule is CCc1ccc(OCC(O)CN2C(=O)NC(C)(c3ccc(C)cc3)C2=O)cc1. The first kappa shape index (κ1) is 19.9. The summed E-state index contributed by atoms with van der Waals surface area (Å²) in [6, 6.07) is 14.6. The summed E-state index contributed by atoms with van der Waals surface area (Å²) >= 11 is 0. The second kappa shape index (κ2) is 8.02. The lowest BCUT2D eigenvalue weighted by molar-refractivity contribution is -0.132. The lowest BCUT2D eigenvalue weighted by atomic mass is 9.91. The number of carbonyl (C=O) groups is 2. The number of ether oxygens (including phenoxy) is 1. The van der Waals surface area contributed by atoms with Crippen LogP contribution in [-0.4, -0.2) is 41.2 Å². The maximum absolute atomic E-state index is 12.9. The normalized spacial score (nSPS) is 20.2. The van der Waals surface area contributed by atoms with E-state index in [-0.39, 0.29) is 19.1 Å². The topological polar surface area (TPSA) is 78.9 Å². The molecule has 2 aromatic rings. The molecule has 1 aliphatic heterocycles. The molecule has 148 valence electrons. The lowest BCUT2D eigenvalue weighted by Gasteiger charge is -2.23. The third kappa shape index (κ3) is 4.02. The number of aliphatic hydroxyl groups excluding tert-OH is 1. The molecule has 6 heteroatoms. The van der Waals surface area contributed by atoms with E-state index in [2.05, 4.69) is 12.2 Å². The number of imide groups is 1. The Morgan fingerprint density at radius 2 is 1.75 bits per heavy atom. The zero-order valence-corrected chi connectivity index (χ0v) is 16.4. The smallest absolute Gasteiger partial charge is 0.325 e. The number of nitrogens with zero attached hydrogens (tertiary/aromatic N) is 1. The van der Waals surface area contributed by atoms with E-state index in [9.17, 15) is 14.7 Å². The molecule has 1 saturated heterocycles. The van der Waals surface area contributed by atoms with Gasteiger partial charge in [0.05, 0.1) is 6.54 Å². The molecular weight excluding hydrogens is 356 g/mol. The van der Waals surface area contributed by atoms with Crippen LogP contribution < -0.4 is 10.1 Å². The van der Waals surface area contributed by atoms with Crippen molar-refractivity contribution in [3.63, 3.8) is 0 Å². The second-order valence-electron chi connectivity index (χ2n) is 7.30. The van der Waals surface area contributed by atoms with Gasteiger partial charge in [-0.2, -0.15) is 0 Å². The Kier molecular flexibility index (Phi) is 5.70. The Balaban J connectivity index is 1.62. The summed E-state index contributed by atoms with van der Waals surface area (Å²) in [5.41, 5.74) is 1.84. The van der Waals surface area contributed by atoms with Crippen molar-refractivity contribution in [1.82, 2.24) is 10.2 Å². The quantitative estimate of drug-likeness (QED) is 0.722. The number of hydrogen-bond acceptors (Lipinski definition) is 4. The first-order chi connectivity index (χ1) is 13.3. The lowest BCUT2D eigenvalue weighted by Crippen LogP contribution is -2.42. The van der Waals surface area contributed by atoms with Crippen molar-refractivity contribution in [2.75, 3.05) is 13.2 Å². The fourth-order valence-corrected chi connectivity index (χ4v) is 3.22. The van der Waals surface area contributed by atoms with Crippen molar-refractivity contribution in [2.24, 2.45) is 0 Å². The Bertz CT molecular complexity index is 848. The number of amides is 3. The molecule has 0 spiro atoms. The van der Waals surface area contributed by atoms with Crippen LogP contribution in [0.5, 0.6) is 5.75 Å². The van der Waals surface area contributed by atoms with Gasteiger partial charge in [-0.1, -0.05) is 48.9 Å². The van der Waals surface area contributed by atoms with Crippen LogP contribution in [0, 0.1) is 6.92 Å². The highest BCUT2D eigenvalue weighted by Gasteiger charge is 2.49. The molecule has 3 rings (SSSR count). The molecule has 1 fully saturated rings. The van der Waals surface area contributed by atoms with Gasteiger partial charge >= 0.3 is 6.03 Å². The zero-order valence-electron chi connectivity index (χ0n) is 16.4. The Morgan fingerprint density at radius 3 is 2.36 bits per heavy atom. The summed E-state index contributed by atoms with van der Waals surface area (Å²) in [4.78, 5) is 26.3. The summed E-state index contributed by atoms with van der Waals surface area (Å²) in [6.45, 7) is 5.57. The molecule has 1 aliphatic rings. The minimum Gasteiger partial charge on any atom is -0.491 e. The van der Waals surface area contributed by atoms with Crippen LogP contribution in [0.1, 0.15) is 30.5 Å². The molecule has 3 amide bonds. The fourth-order valence-electron chi connectivity index (χ4n) is 3.22. The molecule has 28 heavy (non-hydrogen) atoms. The molecule has 0 bridgehead atoms. The first-order valence-electron chi connectivity index (χ1n) is 9.44. The number of aliphatic hydroxyl groups is 1. The number of carbonyl (C=O) groups excluding carboxylic acids is 2. The molecule has 0 saturated carbocycles. The number of nitrogens with one attached hydrogen (secondary N) is 1. The predicted molar refractivity (Wildman–Crippen MR) is 106 cm³/mol. The maximum Gasteiger partial charge on any atom is 0.325 e. The summed E-state index contributed by atoms with van der Waals surface area (Å²) in [5, 5.41) is 13.0. The van der Waals surface area contributed by atoms with Crippen molar-refractivity contribution >= 4 is 11.9 Å². The van der Waals surface area contributed by atoms with Gasteiger partial charge < -0.3 is 15.2 Å². The van der Waals surface area contributed by atoms with Crippen molar-refractivity contribution in [2.45, 2.75) is 38.8 Å². The first-order valence-corrected chi connectivity index (χ1v) is 9.44. The maximum atomic E-state index is 12.9. The van der Waals surface area contributed by atoms with Crippen LogP contribution in [-0.2, 0) is 16.8 Å². The summed E-state index contributed by atoms with van der Waals surface area (Å²) in [7, 11) is 0. The van der Waals surface area contributed by atoms with E-state index in [1.165, 1.54) is 5.56 Å². The van der Waals surface area contributed by atoms with E-state index in [0.717, 1.165) is 16.9 Å². The average Bonchev–Trinajstić information content (AvgIpc) is 2.91. The van der Waals surface area contributed by atoms with Crippen LogP contribution >= 0.6 is 0 Å². The summed E-state index contributed by atoms with van der Waals surface area (Å²) < 4.78 is 5.58. The van der Waals surface area contributed by atoms with E-state index in [0.29, 0.717) is 11.3 Å². The molecule has 2 aromatic carbocycles. The highest BCUT2D eigenvalue weighted by Crippen LogP contribution is 2.29. The van der Waals surface area contributed by atoms with Gasteiger partial charge in [-0.3, -0.25) is 9.69 Å². The molecule has 0 aliphatic carbocycles. The van der Waals surface area contributed by atoms with Gasteiger partial charge in [-0.25, -0.2) is 4.79 Å². The van der Waals surface area contributed by atoms with Gasteiger partial charge in [-0.15, -0.1) is 0 Å². The number of rotatable bonds is 7. The summed E-state index contributed by atoms with van der Waals surface area (Å²) in [5.74, 6) is 0.255. The van der Waals surface area contributed by atoms with Crippen molar-refractivity contribution in [3.05, 3.63) is 65.2 Å². The minimum absolute atomic E-state index is 0.0101. The Hall–Kier alpha value is -2.86. The van der Waals surface area contributed by atoms with Crippen LogP contribution in [0.4, 0.5) is 4.79 Å². The minimum atomic E-state index is -1.14. The molecule has 2 atom stereocenters. The Labute approximate surface area is 165 Å². The van der Waals surface area contributed by atoms with Crippen LogP contribution in [0.25, 0.3) is 0 Å². The van der Waals surface area contributed by atoms with Crippen molar-refractivity contribution in [1.29, 1.82) is 0 Å². The van der Waals surface area contributed by atoms with Gasteiger partial charge in [0.25, 0.3) is 5.91 Å². The standard InChI is InChI=1S/C22H26N2O4/c1-4-16-7-11-19(12-8-16)28-14-18(25)13-24-20(26)22(3,23-21(24)27)17-9-5-15(2)6-10-17/h5-12,18,25H,4,13-14H2,1-3H3,(H,23,27). The molecule has 1 heterocycles. The van der Waals surface area contributed by atoms with E-state index >= 15 is 0 Å². The zero-order chi connectivity index (χ0) is 20.3. The Morgan fingerprint density at radius 1 is 1.11 bits per heavy atom. The monoisotopic (exact) mass is 382 g/mol. The number of benzene rings is 2. The van der Waals surface area contributed by atoms with E-state index in [4.69, 9.17) is 4.74 Å². The molecule has 0 aromatic heterocycles. The van der Waals surface area contributed by atoms with Gasteiger partial charge in [0.1, 0.15) is 24.0 Å². The van der Waals surface area contributed by atoms with Gasteiger partial charge in [0, 0.05) is 0 Å². The molecule has 2 N–H and O–H groups in total. The highest BCUT2D eigenvalue weighted by atomic mass is 16.5. The van der Waals surface area contributed by atoms with Gasteiger partial charge in [0.2, 0.25) is 0 Å². The summed E-state index contributed by atoms with van der Waals surface area (Å²) in [6.07, 6.45) is -0.0459. The molecule has 0 radical (unpaired) electrons.